The fourth-order valence-corrected chi connectivity index (χ4v) is 0. The first-order valence-electron chi connectivity index (χ1n) is 0.342. The summed E-state index contributed by atoms with van der Waals surface area (Å²) in [6.45, 7) is 0. The van der Waals surface area contributed by atoms with Gasteiger partial charge in [-0.25, -0.2) is 0 Å². The molecular formula is HAuCl3Se. The first-order chi connectivity index (χ1) is 1.73. The normalized spacial score (nSPS) is 9.00. The van der Waals surface area contributed by atoms with E-state index < -0.39 is 15.2 Å². The van der Waals surface area contributed by atoms with Crippen LogP contribution in [0, 0.1) is 0 Å². The van der Waals surface area contributed by atoms with Crippen LogP contribution in [0.3, 0.4) is 0 Å². The number of hydrogen-bond donors (Lipinski definition) is 0. The van der Waals surface area contributed by atoms with Crippen LogP contribution in [0.1, 0.15) is 0 Å². The van der Waals surface area contributed by atoms with Crippen LogP contribution in [0.5, 0.6) is 0 Å². The van der Waals surface area contributed by atoms with Crippen LogP contribution in [0.2, 0.25) is 0 Å². The Kier molecular flexibility index (Phi) is 12.5. The first kappa shape index (κ1) is 10.2. The van der Waals surface area contributed by atoms with Gasteiger partial charge < -0.3 is 0 Å². The molecule has 5 heavy (non-hydrogen) atoms. The van der Waals surface area contributed by atoms with Crippen LogP contribution in [-0.2, 0) is 15.2 Å². The average molecular weight is 383 g/mol. The molecule has 0 aliphatic carbocycles. The van der Waals surface area contributed by atoms with Crippen molar-refractivity contribution < 1.29 is 15.2 Å². The number of hydrogen-bond acceptors (Lipinski definition) is 0. The van der Waals surface area contributed by atoms with E-state index in [0.29, 0.717) is 0 Å². The van der Waals surface area contributed by atoms with E-state index in [1.165, 1.54) is 0 Å². The summed E-state index contributed by atoms with van der Waals surface area (Å²) in [5.74, 6) is 0. The van der Waals surface area contributed by atoms with Gasteiger partial charge in [-0.2, -0.15) is 0 Å². The summed E-state index contributed by atoms with van der Waals surface area (Å²) in [5.41, 5.74) is 0. The van der Waals surface area contributed by atoms with Gasteiger partial charge in [0.15, 0.2) is 0 Å². The summed E-state index contributed by atoms with van der Waals surface area (Å²) in [7, 11) is 14.9. The molecule has 0 atom stereocenters. The number of halogens is 3. The van der Waals surface area contributed by atoms with Crippen molar-refractivity contribution in [3.8, 4) is 0 Å². The molecule has 0 fully saturated rings. The first-order valence-corrected chi connectivity index (χ1v) is 8.40. The molecule has 0 aromatic rings. The van der Waals surface area contributed by atoms with E-state index in [9.17, 15) is 0 Å². The maximum absolute atomic E-state index is 4.95. The summed E-state index contributed by atoms with van der Waals surface area (Å²) in [5, 5.41) is 0. The zero-order valence-corrected chi connectivity index (χ0v) is 8.19. The molecule has 39 valence electrons. The molecule has 0 aromatic carbocycles. The molecule has 0 saturated heterocycles. The molecule has 0 nitrogen and oxygen atoms in total. The Labute approximate surface area is 59.2 Å². The van der Waals surface area contributed by atoms with Gasteiger partial charge in [-0.1, -0.05) is 0 Å². The Bertz CT molecular complexity index is 11.6. The van der Waals surface area contributed by atoms with Gasteiger partial charge in [0.2, 0.25) is 0 Å². The fraction of sp³-hybridized carbons (Fsp3) is 0. The SMILES string of the molecule is [Cl][Au]([Cl])[Cl].[SeH]. The van der Waals surface area contributed by atoms with Crippen molar-refractivity contribution in [2.45, 2.75) is 0 Å². The summed E-state index contributed by atoms with van der Waals surface area (Å²) in [4.78, 5) is 0. The van der Waals surface area contributed by atoms with Crippen molar-refractivity contribution in [2.24, 2.45) is 0 Å². The van der Waals surface area contributed by atoms with Crippen molar-refractivity contribution in [2.75, 3.05) is 0 Å². The Morgan fingerprint density at radius 2 is 1.00 bits per heavy atom. The predicted octanol–water partition coefficient (Wildman–Crippen LogP) is 1.42. The molecule has 0 spiro atoms. The molecule has 0 amide bonds. The molecule has 0 aromatic heterocycles. The van der Waals surface area contributed by atoms with Crippen molar-refractivity contribution in [3.05, 3.63) is 0 Å². The Morgan fingerprint density at radius 3 is 1.00 bits per heavy atom. The Balaban J connectivity index is 0. The van der Waals surface area contributed by atoms with E-state index >= 15 is 0 Å². The van der Waals surface area contributed by atoms with E-state index in [1.54, 1.807) is 0 Å². The molecule has 0 N–H and O–H groups in total. The van der Waals surface area contributed by atoms with Gasteiger partial charge in [0.05, 0.1) is 0 Å². The molecule has 0 aliphatic rings. The molecule has 1 radical (unpaired) electrons. The summed E-state index contributed by atoms with van der Waals surface area (Å²) >= 11 is -1.79. The molecule has 0 aliphatic heterocycles. The van der Waals surface area contributed by atoms with Crippen LogP contribution >= 0.6 is 27.6 Å². The summed E-state index contributed by atoms with van der Waals surface area (Å²) in [6, 6.07) is 0. The molecule has 0 bridgehead atoms. The standard InChI is InChI=1S/Au.3ClH.HSe/h;4*1H/q+3;;;;/p-3. The second-order valence-electron chi connectivity index (χ2n) is 0.129. The van der Waals surface area contributed by atoms with E-state index in [-0.39, 0.29) is 17.1 Å². The van der Waals surface area contributed by atoms with Crippen LogP contribution in [0.25, 0.3) is 0 Å². The number of rotatable bonds is 0. The van der Waals surface area contributed by atoms with Crippen LogP contribution in [0.4, 0.5) is 0 Å². The summed E-state index contributed by atoms with van der Waals surface area (Å²) in [6.07, 6.45) is 0. The predicted molar refractivity (Wildman–Crippen MR) is 24.7 cm³/mol. The van der Waals surface area contributed by atoms with Crippen LogP contribution in [-0.4, -0.2) is 17.1 Å². The third-order valence-corrected chi connectivity index (χ3v) is 0. The molecule has 0 heterocycles. The fourth-order valence-electron chi connectivity index (χ4n) is 0. The van der Waals surface area contributed by atoms with Gasteiger partial charge in [0, 0.05) is 0 Å². The molecule has 0 saturated carbocycles. The molecule has 0 unspecified atom stereocenters. The topological polar surface area (TPSA) is 0 Å². The van der Waals surface area contributed by atoms with Gasteiger partial charge in [0.25, 0.3) is 0 Å². The molecule has 5 heteroatoms. The van der Waals surface area contributed by atoms with Gasteiger partial charge in [-0.05, 0) is 0 Å². The van der Waals surface area contributed by atoms with Gasteiger partial charge in [-0.3, -0.25) is 0 Å². The van der Waals surface area contributed by atoms with Crippen LogP contribution in [0.15, 0.2) is 0 Å². The third-order valence-electron chi connectivity index (χ3n) is 0. The van der Waals surface area contributed by atoms with Crippen molar-refractivity contribution >= 4 is 44.6 Å². The quantitative estimate of drug-likeness (QED) is 0.555. The van der Waals surface area contributed by atoms with Gasteiger partial charge >= 0.3 is 59.8 Å². The van der Waals surface area contributed by atoms with Gasteiger partial charge in [0.1, 0.15) is 0 Å². The Morgan fingerprint density at radius 1 is 1.00 bits per heavy atom. The van der Waals surface area contributed by atoms with E-state index in [4.69, 9.17) is 27.6 Å². The van der Waals surface area contributed by atoms with Crippen molar-refractivity contribution in [1.29, 1.82) is 0 Å². The molecular weight excluding hydrogens is 382 g/mol. The van der Waals surface area contributed by atoms with E-state index in [1.807, 2.05) is 0 Å². The van der Waals surface area contributed by atoms with Crippen molar-refractivity contribution in [3.63, 3.8) is 0 Å². The second kappa shape index (κ2) is 6.13. The zero-order valence-electron chi connectivity index (χ0n) is 1.88. The summed E-state index contributed by atoms with van der Waals surface area (Å²) < 4.78 is 0. The minimum absolute atomic E-state index is 0. The Hall–Kier alpha value is 2.13. The monoisotopic (exact) mass is 383 g/mol. The zero-order chi connectivity index (χ0) is 3.58. The maximum atomic E-state index is 4.95. The third kappa shape index (κ3) is 23.0. The van der Waals surface area contributed by atoms with Crippen molar-refractivity contribution in [1.82, 2.24) is 0 Å². The van der Waals surface area contributed by atoms with Gasteiger partial charge in [-0.15, -0.1) is 0 Å². The molecule has 0 rings (SSSR count). The minimum atomic E-state index is -1.79. The second-order valence-corrected chi connectivity index (χ2v) is 9.52. The average Bonchev–Trinajstić information content (AvgIpc) is 0.811. The van der Waals surface area contributed by atoms with E-state index in [2.05, 4.69) is 0 Å². The van der Waals surface area contributed by atoms with E-state index in [0.717, 1.165) is 0 Å². The van der Waals surface area contributed by atoms with Crippen LogP contribution < -0.4 is 0 Å².